The van der Waals surface area contributed by atoms with Crippen LogP contribution in [0.2, 0.25) is 0 Å². The summed E-state index contributed by atoms with van der Waals surface area (Å²) in [5, 5.41) is 16.1. The largest absolute Gasteiger partial charge is 0.573 e. The maximum Gasteiger partial charge on any atom is 0.573 e. The van der Waals surface area contributed by atoms with Crippen LogP contribution in [0.15, 0.2) is 54.6 Å². The number of carbonyl (C=O) groups is 5. The highest BCUT2D eigenvalue weighted by Gasteiger charge is 2.32. The van der Waals surface area contributed by atoms with E-state index in [2.05, 4.69) is 20.7 Å². The van der Waals surface area contributed by atoms with E-state index in [0.717, 1.165) is 24.3 Å². The normalized spacial score (nSPS) is 12.7. The van der Waals surface area contributed by atoms with Crippen molar-refractivity contribution >= 4 is 35.5 Å². The van der Waals surface area contributed by atoms with Crippen molar-refractivity contribution in [3.63, 3.8) is 0 Å². The molecule has 0 saturated heterocycles. The van der Waals surface area contributed by atoms with Crippen LogP contribution < -0.4 is 20.7 Å². The van der Waals surface area contributed by atoms with E-state index in [9.17, 15) is 37.1 Å². The summed E-state index contributed by atoms with van der Waals surface area (Å²) in [4.78, 5) is 62.3. The molecule has 2 atom stereocenters. The quantitative estimate of drug-likeness (QED) is 0.245. The number of carbonyl (C=O) groups excluding carboxylic acids is 4. The lowest BCUT2D eigenvalue weighted by Crippen LogP contribution is -2.53. The molecule has 234 valence electrons. The van der Waals surface area contributed by atoms with Crippen LogP contribution in [0.5, 0.6) is 5.75 Å². The van der Waals surface area contributed by atoms with Crippen molar-refractivity contribution in [3.05, 3.63) is 60.2 Å². The molecule has 3 amide bonds. The van der Waals surface area contributed by atoms with Crippen LogP contribution in [-0.2, 0) is 35.3 Å². The van der Waals surface area contributed by atoms with Crippen molar-refractivity contribution in [2.24, 2.45) is 0 Å². The number of ether oxygens (including phenoxy) is 3. The van der Waals surface area contributed by atoms with Crippen molar-refractivity contribution in [1.29, 1.82) is 0 Å². The van der Waals surface area contributed by atoms with Gasteiger partial charge in [-0.3, -0.25) is 19.2 Å². The van der Waals surface area contributed by atoms with Gasteiger partial charge in [0, 0.05) is 12.1 Å². The summed E-state index contributed by atoms with van der Waals surface area (Å²) in [5.41, 5.74) is -0.257. The first-order valence-corrected chi connectivity index (χ1v) is 12.9. The molecule has 0 aliphatic carbocycles. The zero-order chi connectivity index (χ0) is 32.2. The molecule has 2 rings (SSSR count). The monoisotopic (exact) mass is 611 g/mol. The second-order valence-electron chi connectivity index (χ2n) is 10.1. The lowest BCUT2D eigenvalue weighted by Gasteiger charge is -2.24. The Morgan fingerprint density at radius 1 is 0.860 bits per heavy atom. The van der Waals surface area contributed by atoms with E-state index < -0.39 is 78.9 Å². The van der Waals surface area contributed by atoms with Gasteiger partial charge in [0.2, 0.25) is 11.8 Å². The third-order valence-electron chi connectivity index (χ3n) is 5.25. The van der Waals surface area contributed by atoms with Crippen molar-refractivity contribution in [3.8, 4) is 5.75 Å². The highest BCUT2D eigenvalue weighted by atomic mass is 19.4. The standard InChI is InChI=1S/C28H32F3N3O9/c1-27(2,3)43-23(37)15-21(34-26(40)41-16-17-7-5-4-6-8-17)25(39)33-20(13-14-22(35)36)24(38)32-18-9-11-19(12-10-18)42-28(29,30)31/h4-12,20-21H,13-16H2,1-3H3,(H,32,38)(H,33,39)(H,34,40)(H,35,36). The molecule has 0 aliphatic heterocycles. The number of rotatable bonds is 13. The molecule has 2 unspecified atom stereocenters. The summed E-state index contributed by atoms with van der Waals surface area (Å²) in [6, 6.07) is 9.61. The van der Waals surface area contributed by atoms with E-state index in [-0.39, 0.29) is 12.3 Å². The lowest BCUT2D eigenvalue weighted by atomic mass is 10.1. The van der Waals surface area contributed by atoms with Gasteiger partial charge in [-0.1, -0.05) is 30.3 Å². The molecule has 0 aliphatic rings. The maximum atomic E-state index is 13.2. The Kier molecular flexibility index (Phi) is 12.3. The Hall–Kier alpha value is -4.82. The minimum atomic E-state index is -4.92. The zero-order valence-electron chi connectivity index (χ0n) is 23.5. The van der Waals surface area contributed by atoms with Gasteiger partial charge in [-0.2, -0.15) is 0 Å². The molecule has 4 N–H and O–H groups in total. The van der Waals surface area contributed by atoms with E-state index in [0.29, 0.717) is 5.56 Å². The number of carboxylic acid groups (broad SMARTS) is 1. The molecule has 0 heterocycles. The van der Waals surface area contributed by atoms with Gasteiger partial charge in [0.25, 0.3) is 0 Å². The van der Waals surface area contributed by atoms with E-state index in [1.165, 1.54) is 0 Å². The van der Waals surface area contributed by atoms with Gasteiger partial charge in [0.1, 0.15) is 30.0 Å². The van der Waals surface area contributed by atoms with Crippen LogP contribution in [0.4, 0.5) is 23.7 Å². The smallest absolute Gasteiger partial charge is 0.481 e. The van der Waals surface area contributed by atoms with Crippen molar-refractivity contribution < 1.29 is 56.5 Å². The van der Waals surface area contributed by atoms with E-state index in [1.54, 1.807) is 51.1 Å². The van der Waals surface area contributed by atoms with Crippen molar-refractivity contribution in [2.45, 2.75) is 70.7 Å². The molecular formula is C28H32F3N3O9. The average molecular weight is 612 g/mol. The van der Waals surface area contributed by atoms with Gasteiger partial charge in [-0.05, 0) is 57.0 Å². The van der Waals surface area contributed by atoms with Gasteiger partial charge < -0.3 is 35.3 Å². The number of alkyl halides is 3. The van der Waals surface area contributed by atoms with Gasteiger partial charge in [-0.15, -0.1) is 13.2 Å². The third kappa shape index (κ3) is 14.1. The number of aliphatic carboxylic acids is 1. The SMILES string of the molecule is CC(C)(C)OC(=O)CC(NC(=O)OCc1ccccc1)C(=O)NC(CCC(=O)O)C(=O)Nc1ccc(OC(F)(F)F)cc1. The number of hydrogen-bond acceptors (Lipinski definition) is 8. The van der Waals surface area contributed by atoms with Crippen LogP contribution in [0.1, 0.15) is 45.6 Å². The number of alkyl carbamates (subject to hydrolysis) is 1. The van der Waals surface area contributed by atoms with Crippen LogP contribution in [-0.4, -0.2) is 59.0 Å². The molecule has 0 saturated carbocycles. The van der Waals surface area contributed by atoms with Crippen LogP contribution in [0.3, 0.4) is 0 Å². The topological polar surface area (TPSA) is 169 Å². The zero-order valence-corrected chi connectivity index (χ0v) is 23.5. The van der Waals surface area contributed by atoms with Crippen LogP contribution >= 0.6 is 0 Å². The highest BCUT2D eigenvalue weighted by Crippen LogP contribution is 2.24. The Balaban J connectivity index is 2.17. The second kappa shape index (κ2) is 15.4. The molecular weight excluding hydrogens is 579 g/mol. The molecule has 0 fully saturated rings. The number of nitrogens with one attached hydrogen (secondary N) is 3. The molecule has 0 aromatic heterocycles. The minimum Gasteiger partial charge on any atom is -0.481 e. The average Bonchev–Trinajstić information content (AvgIpc) is 2.89. The first-order valence-electron chi connectivity index (χ1n) is 12.9. The van der Waals surface area contributed by atoms with E-state index in [1.807, 2.05) is 0 Å². The number of anilines is 1. The predicted octanol–water partition coefficient (Wildman–Crippen LogP) is 3.90. The maximum absolute atomic E-state index is 13.2. The fraction of sp³-hybridized carbons (Fsp3) is 0.393. The van der Waals surface area contributed by atoms with E-state index in [4.69, 9.17) is 14.6 Å². The Bertz CT molecular complexity index is 1260. The highest BCUT2D eigenvalue weighted by molar-refractivity contribution is 5.99. The van der Waals surface area contributed by atoms with Gasteiger partial charge in [0.05, 0.1) is 6.42 Å². The molecule has 0 radical (unpaired) electrons. The second-order valence-corrected chi connectivity index (χ2v) is 10.1. The summed E-state index contributed by atoms with van der Waals surface area (Å²) in [5.74, 6) is -4.63. The number of esters is 1. The van der Waals surface area contributed by atoms with E-state index >= 15 is 0 Å². The van der Waals surface area contributed by atoms with Gasteiger partial charge in [0.15, 0.2) is 0 Å². The number of hydrogen-bond donors (Lipinski definition) is 4. The Morgan fingerprint density at radius 3 is 2.05 bits per heavy atom. The molecule has 0 spiro atoms. The van der Waals surface area contributed by atoms with Crippen LogP contribution in [0, 0.1) is 0 Å². The number of amides is 3. The molecule has 2 aromatic rings. The molecule has 2 aromatic carbocycles. The fourth-order valence-electron chi connectivity index (χ4n) is 3.44. The summed E-state index contributed by atoms with van der Waals surface area (Å²) in [7, 11) is 0. The lowest BCUT2D eigenvalue weighted by molar-refractivity contribution is -0.274. The summed E-state index contributed by atoms with van der Waals surface area (Å²) in [6.45, 7) is 4.63. The Morgan fingerprint density at radius 2 is 1.49 bits per heavy atom. The first-order chi connectivity index (χ1) is 20.0. The van der Waals surface area contributed by atoms with Gasteiger partial charge in [-0.25, -0.2) is 4.79 Å². The number of halogens is 3. The number of benzene rings is 2. The minimum absolute atomic E-state index is 0.0158. The molecule has 12 nitrogen and oxygen atoms in total. The summed E-state index contributed by atoms with van der Waals surface area (Å²) >= 11 is 0. The molecule has 0 bridgehead atoms. The number of carboxylic acids is 1. The van der Waals surface area contributed by atoms with Crippen LogP contribution in [0.25, 0.3) is 0 Å². The fourth-order valence-corrected chi connectivity index (χ4v) is 3.44. The third-order valence-corrected chi connectivity index (χ3v) is 5.25. The Labute approximate surface area is 244 Å². The summed E-state index contributed by atoms with van der Waals surface area (Å²) < 4.78 is 51.4. The predicted molar refractivity (Wildman–Crippen MR) is 145 cm³/mol. The summed E-state index contributed by atoms with van der Waals surface area (Å²) in [6.07, 6.45) is -7.59. The molecule has 15 heteroatoms. The molecule has 43 heavy (non-hydrogen) atoms. The van der Waals surface area contributed by atoms with Crippen molar-refractivity contribution in [2.75, 3.05) is 5.32 Å². The first kappa shape index (κ1) is 34.4. The van der Waals surface area contributed by atoms with Crippen molar-refractivity contribution in [1.82, 2.24) is 10.6 Å². The van der Waals surface area contributed by atoms with Gasteiger partial charge >= 0.3 is 24.4 Å².